The maximum Gasteiger partial charge on any atom is 0.165 e. The first-order valence-corrected chi connectivity index (χ1v) is 8.39. The molecular formula is C16H18N2O3S. The van der Waals surface area contributed by atoms with E-state index in [1.165, 1.54) is 5.56 Å². The molecule has 0 amide bonds. The normalized spacial score (nSPS) is 21.7. The van der Waals surface area contributed by atoms with Gasteiger partial charge in [0.2, 0.25) is 0 Å². The van der Waals surface area contributed by atoms with Crippen molar-refractivity contribution in [3.63, 3.8) is 0 Å². The van der Waals surface area contributed by atoms with Crippen molar-refractivity contribution in [2.24, 2.45) is 0 Å². The van der Waals surface area contributed by atoms with Crippen molar-refractivity contribution in [2.75, 3.05) is 32.9 Å². The molecule has 2 aliphatic rings. The fourth-order valence-corrected chi connectivity index (χ4v) is 3.57. The molecule has 22 heavy (non-hydrogen) atoms. The molecule has 3 heterocycles. The molecular weight excluding hydrogens is 300 g/mol. The van der Waals surface area contributed by atoms with Crippen LogP contribution in [0.5, 0.6) is 11.5 Å². The van der Waals surface area contributed by atoms with Crippen LogP contribution in [0.4, 0.5) is 0 Å². The Kier molecular flexibility index (Phi) is 3.97. The smallest absolute Gasteiger partial charge is 0.165 e. The maximum absolute atomic E-state index is 5.85. The zero-order chi connectivity index (χ0) is 14.8. The van der Waals surface area contributed by atoms with E-state index >= 15 is 0 Å². The highest BCUT2D eigenvalue weighted by molar-refractivity contribution is 7.09. The molecule has 0 spiro atoms. The first kappa shape index (κ1) is 14.0. The molecule has 1 aromatic heterocycles. The van der Waals surface area contributed by atoms with Crippen molar-refractivity contribution in [1.29, 1.82) is 0 Å². The summed E-state index contributed by atoms with van der Waals surface area (Å²) < 4.78 is 17.3. The number of benzene rings is 1. The number of hydrogen-bond donors (Lipinski definition) is 0. The van der Waals surface area contributed by atoms with Gasteiger partial charge < -0.3 is 14.2 Å². The molecule has 0 N–H and O–H groups in total. The minimum Gasteiger partial charge on any atom is -0.486 e. The third-order valence-electron chi connectivity index (χ3n) is 3.92. The second kappa shape index (κ2) is 6.24. The molecule has 2 aliphatic heterocycles. The predicted molar refractivity (Wildman–Crippen MR) is 83.5 cm³/mol. The largest absolute Gasteiger partial charge is 0.486 e. The molecule has 0 aliphatic carbocycles. The molecule has 0 unspecified atom stereocenters. The van der Waals surface area contributed by atoms with Gasteiger partial charge in [-0.2, -0.15) is 0 Å². The lowest BCUT2D eigenvalue weighted by Crippen LogP contribution is -2.38. The van der Waals surface area contributed by atoms with Gasteiger partial charge in [0, 0.05) is 36.8 Å². The number of ether oxygens (including phenoxy) is 3. The van der Waals surface area contributed by atoms with E-state index < -0.39 is 0 Å². The maximum atomic E-state index is 5.85. The monoisotopic (exact) mass is 318 g/mol. The standard InChI is InChI=1S/C16H18N2O3S/c1-2-12(15-13(3-1)20-7-8-21-15)10-18-5-6-19-14(11-18)16-17-4-9-22-16/h1-4,9,14H,5-8,10-11H2/t14-/m0/s1. The average Bonchev–Trinajstić information content (AvgIpc) is 3.10. The summed E-state index contributed by atoms with van der Waals surface area (Å²) in [5, 5.41) is 3.05. The van der Waals surface area contributed by atoms with E-state index in [-0.39, 0.29) is 6.10 Å². The number of fused-ring (bicyclic) bond motifs is 1. The van der Waals surface area contributed by atoms with Gasteiger partial charge in [0.15, 0.2) is 11.5 Å². The molecule has 4 rings (SSSR count). The molecule has 1 fully saturated rings. The van der Waals surface area contributed by atoms with Gasteiger partial charge in [-0.3, -0.25) is 4.90 Å². The van der Waals surface area contributed by atoms with Crippen molar-refractivity contribution >= 4 is 11.3 Å². The Bertz CT molecular complexity index is 632. The molecule has 1 saturated heterocycles. The third kappa shape index (κ3) is 2.82. The molecule has 5 nitrogen and oxygen atoms in total. The number of hydrogen-bond acceptors (Lipinski definition) is 6. The third-order valence-corrected chi connectivity index (χ3v) is 4.79. The van der Waals surface area contributed by atoms with Gasteiger partial charge in [-0.05, 0) is 6.07 Å². The van der Waals surface area contributed by atoms with Gasteiger partial charge in [0.05, 0.1) is 6.61 Å². The Morgan fingerprint density at radius 2 is 2.18 bits per heavy atom. The number of morpholine rings is 1. The van der Waals surface area contributed by atoms with E-state index in [1.54, 1.807) is 11.3 Å². The highest BCUT2D eigenvalue weighted by atomic mass is 32.1. The molecule has 2 aromatic rings. The summed E-state index contributed by atoms with van der Waals surface area (Å²) in [6.45, 7) is 4.60. The lowest BCUT2D eigenvalue weighted by molar-refractivity contribution is -0.0333. The minimum atomic E-state index is 0.0745. The lowest BCUT2D eigenvalue weighted by atomic mass is 10.1. The first-order chi connectivity index (χ1) is 10.9. The van der Waals surface area contributed by atoms with Crippen LogP contribution in [0, 0.1) is 0 Å². The van der Waals surface area contributed by atoms with Crippen LogP contribution in [0.3, 0.4) is 0 Å². The fourth-order valence-electron chi connectivity index (χ4n) is 2.89. The van der Waals surface area contributed by atoms with E-state index in [4.69, 9.17) is 14.2 Å². The summed E-state index contributed by atoms with van der Waals surface area (Å²) in [7, 11) is 0. The highest BCUT2D eigenvalue weighted by Gasteiger charge is 2.25. The highest BCUT2D eigenvalue weighted by Crippen LogP contribution is 2.35. The van der Waals surface area contributed by atoms with Crippen LogP contribution in [0.1, 0.15) is 16.7 Å². The molecule has 0 bridgehead atoms. The SMILES string of the molecule is c1cc(CN2CCO[C@H](c3nccs3)C2)c2c(c1)OCCO2. The topological polar surface area (TPSA) is 43.8 Å². The summed E-state index contributed by atoms with van der Waals surface area (Å²) in [4.78, 5) is 6.77. The Balaban J connectivity index is 1.49. The van der Waals surface area contributed by atoms with Crippen LogP contribution in [-0.4, -0.2) is 42.8 Å². The van der Waals surface area contributed by atoms with Crippen molar-refractivity contribution in [3.8, 4) is 11.5 Å². The van der Waals surface area contributed by atoms with Crippen LogP contribution in [-0.2, 0) is 11.3 Å². The van der Waals surface area contributed by atoms with E-state index in [0.29, 0.717) is 13.2 Å². The van der Waals surface area contributed by atoms with Crippen molar-refractivity contribution in [2.45, 2.75) is 12.6 Å². The van der Waals surface area contributed by atoms with Crippen molar-refractivity contribution < 1.29 is 14.2 Å². The Morgan fingerprint density at radius 3 is 3.09 bits per heavy atom. The van der Waals surface area contributed by atoms with Gasteiger partial charge in [0.25, 0.3) is 0 Å². The summed E-state index contributed by atoms with van der Waals surface area (Å²) in [5.74, 6) is 1.75. The van der Waals surface area contributed by atoms with Crippen LogP contribution in [0.15, 0.2) is 29.8 Å². The Morgan fingerprint density at radius 1 is 1.23 bits per heavy atom. The molecule has 116 valence electrons. The number of thiazole rings is 1. The van der Waals surface area contributed by atoms with Gasteiger partial charge in [-0.25, -0.2) is 4.98 Å². The molecule has 1 atom stereocenters. The summed E-state index contributed by atoms with van der Waals surface area (Å²) in [6.07, 6.45) is 1.91. The second-order valence-corrected chi connectivity index (χ2v) is 6.33. The summed E-state index contributed by atoms with van der Waals surface area (Å²) >= 11 is 1.65. The minimum absolute atomic E-state index is 0.0745. The number of aromatic nitrogens is 1. The number of rotatable bonds is 3. The van der Waals surface area contributed by atoms with E-state index in [2.05, 4.69) is 16.0 Å². The van der Waals surface area contributed by atoms with Crippen LogP contribution < -0.4 is 9.47 Å². The Labute approximate surface area is 133 Å². The van der Waals surface area contributed by atoms with Gasteiger partial charge >= 0.3 is 0 Å². The summed E-state index contributed by atoms with van der Waals surface area (Å²) in [6, 6.07) is 6.11. The van der Waals surface area contributed by atoms with E-state index in [9.17, 15) is 0 Å². The number of para-hydroxylation sites is 1. The first-order valence-electron chi connectivity index (χ1n) is 7.51. The Hall–Kier alpha value is -1.63. The number of nitrogens with zero attached hydrogens (tertiary/aromatic N) is 2. The van der Waals surface area contributed by atoms with E-state index in [0.717, 1.165) is 42.7 Å². The van der Waals surface area contributed by atoms with Crippen LogP contribution >= 0.6 is 11.3 Å². The molecule has 0 radical (unpaired) electrons. The van der Waals surface area contributed by atoms with Gasteiger partial charge in [0.1, 0.15) is 24.3 Å². The van der Waals surface area contributed by atoms with Gasteiger partial charge in [-0.1, -0.05) is 12.1 Å². The molecule has 0 saturated carbocycles. The zero-order valence-electron chi connectivity index (χ0n) is 12.2. The van der Waals surface area contributed by atoms with Crippen LogP contribution in [0.2, 0.25) is 0 Å². The van der Waals surface area contributed by atoms with Gasteiger partial charge in [-0.15, -0.1) is 11.3 Å². The van der Waals surface area contributed by atoms with Crippen LogP contribution in [0.25, 0.3) is 0 Å². The molecule has 6 heteroatoms. The molecule has 1 aromatic carbocycles. The summed E-state index contributed by atoms with van der Waals surface area (Å²) in [5.41, 5.74) is 1.18. The van der Waals surface area contributed by atoms with Crippen molar-refractivity contribution in [3.05, 3.63) is 40.3 Å². The fraction of sp³-hybridized carbons (Fsp3) is 0.438. The second-order valence-electron chi connectivity index (χ2n) is 5.41. The zero-order valence-corrected chi connectivity index (χ0v) is 13.1. The quantitative estimate of drug-likeness (QED) is 0.870. The van der Waals surface area contributed by atoms with E-state index in [1.807, 2.05) is 23.7 Å². The average molecular weight is 318 g/mol. The lowest BCUT2D eigenvalue weighted by Gasteiger charge is -2.32. The predicted octanol–water partition coefficient (Wildman–Crippen LogP) is 2.49. The van der Waals surface area contributed by atoms with Crippen molar-refractivity contribution in [1.82, 2.24) is 9.88 Å².